The van der Waals surface area contributed by atoms with Crippen molar-refractivity contribution >= 4 is 17.5 Å². The van der Waals surface area contributed by atoms with E-state index in [0.29, 0.717) is 12.0 Å². The van der Waals surface area contributed by atoms with Crippen LogP contribution in [0, 0.1) is 17.8 Å². The Morgan fingerprint density at radius 3 is 2.79 bits per heavy atom. The molecule has 2 bridgehead atoms. The SMILES string of the molecule is C[C@H](NC(=O)CCl)[C@H]1C[C@H]2CC[C@H]1C2. The van der Waals surface area contributed by atoms with Gasteiger partial charge in [-0.3, -0.25) is 4.79 Å². The number of halogens is 1. The van der Waals surface area contributed by atoms with Crippen molar-refractivity contribution in [1.29, 1.82) is 0 Å². The van der Waals surface area contributed by atoms with Crippen molar-refractivity contribution in [2.45, 2.75) is 38.6 Å². The molecule has 80 valence electrons. The maximum Gasteiger partial charge on any atom is 0.235 e. The lowest BCUT2D eigenvalue weighted by Gasteiger charge is -2.28. The molecule has 3 heteroatoms. The molecule has 2 saturated carbocycles. The van der Waals surface area contributed by atoms with E-state index in [1.165, 1.54) is 25.7 Å². The van der Waals surface area contributed by atoms with Gasteiger partial charge in [0.15, 0.2) is 0 Å². The first-order valence-corrected chi connectivity index (χ1v) is 6.09. The van der Waals surface area contributed by atoms with Gasteiger partial charge in [-0.1, -0.05) is 6.42 Å². The zero-order chi connectivity index (χ0) is 10.1. The lowest BCUT2D eigenvalue weighted by atomic mass is 9.84. The van der Waals surface area contributed by atoms with E-state index in [4.69, 9.17) is 11.6 Å². The summed E-state index contributed by atoms with van der Waals surface area (Å²) < 4.78 is 0. The van der Waals surface area contributed by atoms with Crippen LogP contribution in [0.1, 0.15) is 32.6 Å². The minimum absolute atomic E-state index is 0.0260. The Bertz CT molecular complexity index is 231. The molecule has 0 spiro atoms. The Kier molecular flexibility index (Phi) is 3.01. The molecule has 4 atom stereocenters. The largest absolute Gasteiger partial charge is 0.352 e. The van der Waals surface area contributed by atoms with Crippen molar-refractivity contribution < 1.29 is 4.79 Å². The van der Waals surface area contributed by atoms with Crippen LogP contribution in [0.5, 0.6) is 0 Å². The van der Waals surface area contributed by atoms with Crippen LogP contribution in [0.2, 0.25) is 0 Å². The molecule has 14 heavy (non-hydrogen) atoms. The number of alkyl halides is 1. The van der Waals surface area contributed by atoms with Crippen molar-refractivity contribution in [2.75, 3.05) is 5.88 Å². The fraction of sp³-hybridized carbons (Fsp3) is 0.909. The average molecular weight is 216 g/mol. The highest BCUT2D eigenvalue weighted by atomic mass is 35.5. The number of nitrogens with one attached hydrogen (secondary N) is 1. The Hall–Kier alpha value is -0.240. The molecule has 1 amide bonds. The second-order valence-electron chi connectivity index (χ2n) is 4.83. The predicted octanol–water partition coefficient (Wildman–Crippen LogP) is 2.17. The van der Waals surface area contributed by atoms with Crippen LogP contribution in [0.4, 0.5) is 0 Å². The van der Waals surface area contributed by atoms with Gasteiger partial charge < -0.3 is 5.32 Å². The van der Waals surface area contributed by atoms with Crippen molar-refractivity contribution in [1.82, 2.24) is 5.32 Å². The monoisotopic (exact) mass is 215 g/mol. The first-order chi connectivity index (χ1) is 6.70. The van der Waals surface area contributed by atoms with Gasteiger partial charge in [0.2, 0.25) is 5.91 Å². The van der Waals surface area contributed by atoms with Gasteiger partial charge in [-0.2, -0.15) is 0 Å². The van der Waals surface area contributed by atoms with E-state index < -0.39 is 0 Å². The smallest absolute Gasteiger partial charge is 0.235 e. The van der Waals surface area contributed by atoms with E-state index in [1.807, 2.05) is 0 Å². The van der Waals surface area contributed by atoms with Crippen molar-refractivity contribution in [3.8, 4) is 0 Å². The third kappa shape index (κ3) is 1.90. The van der Waals surface area contributed by atoms with Gasteiger partial charge in [0, 0.05) is 6.04 Å². The minimum atomic E-state index is -0.0260. The molecule has 0 unspecified atom stereocenters. The second kappa shape index (κ2) is 4.09. The Morgan fingerprint density at radius 1 is 1.50 bits per heavy atom. The van der Waals surface area contributed by atoms with Crippen molar-refractivity contribution in [2.24, 2.45) is 17.8 Å². The molecule has 0 aromatic rings. The summed E-state index contributed by atoms with van der Waals surface area (Å²) in [5.74, 6) is 2.58. The van der Waals surface area contributed by atoms with Crippen LogP contribution >= 0.6 is 11.6 Å². The van der Waals surface area contributed by atoms with Gasteiger partial charge in [-0.05, 0) is 43.9 Å². The zero-order valence-electron chi connectivity index (χ0n) is 8.63. The maximum atomic E-state index is 11.1. The summed E-state index contributed by atoms with van der Waals surface area (Å²) in [5.41, 5.74) is 0. The molecule has 2 rings (SSSR count). The fourth-order valence-corrected chi connectivity index (χ4v) is 3.38. The quantitative estimate of drug-likeness (QED) is 0.719. The van der Waals surface area contributed by atoms with Gasteiger partial charge in [-0.15, -0.1) is 11.6 Å². The van der Waals surface area contributed by atoms with Crippen molar-refractivity contribution in [3.63, 3.8) is 0 Å². The van der Waals surface area contributed by atoms with E-state index in [2.05, 4.69) is 12.2 Å². The van der Waals surface area contributed by atoms with E-state index in [1.54, 1.807) is 0 Å². The third-order valence-corrected chi connectivity index (χ3v) is 4.19. The molecule has 2 aliphatic carbocycles. The molecule has 2 nitrogen and oxygen atoms in total. The number of carbonyl (C=O) groups is 1. The Morgan fingerprint density at radius 2 is 2.29 bits per heavy atom. The second-order valence-corrected chi connectivity index (χ2v) is 5.10. The number of hydrogen-bond acceptors (Lipinski definition) is 1. The summed E-state index contributed by atoms with van der Waals surface area (Å²) in [6.45, 7) is 2.12. The molecule has 0 heterocycles. The van der Waals surface area contributed by atoms with Crippen LogP contribution in [-0.2, 0) is 4.79 Å². The van der Waals surface area contributed by atoms with Crippen LogP contribution in [0.3, 0.4) is 0 Å². The van der Waals surface area contributed by atoms with Crippen LogP contribution < -0.4 is 5.32 Å². The van der Waals surface area contributed by atoms with Crippen LogP contribution in [0.25, 0.3) is 0 Å². The normalized spacial score (nSPS) is 37.1. The summed E-state index contributed by atoms with van der Waals surface area (Å²) in [5, 5.41) is 2.99. The minimum Gasteiger partial charge on any atom is -0.352 e. The molecule has 0 aromatic heterocycles. The van der Waals surface area contributed by atoms with E-state index in [9.17, 15) is 4.79 Å². The zero-order valence-corrected chi connectivity index (χ0v) is 9.39. The van der Waals surface area contributed by atoms with Gasteiger partial charge in [0.1, 0.15) is 5.88 Å². The Labute approximate surface area is 90.4 Å². The summed E-state index contributed by atoms with van der Waals surface area (Å²) in [4.78, 5) is 11.1. The summed E-state index contributed by atoms with van der Waals surface area (Å²) in [7, 11) is 0. The molecular weight excluding hydrogens is 198 g/mol. The van der Waals surface area contributed by atoms with Crippen LogP contribution in [0.15, 0.2) is 0 Å². The molecule has 0 radical (unpaired) electrons. The van der Waals surface area contributed by atoms with E-state index in [0.717, 1.165) is 11.8 Å². The molecule has 2 fully saturated rings. The van der Waals surface area contributed by atoms with Gasteiger partial charge in [-0.25, -0.2) is 0 Å². The molecular formula is C11H18ClNO. The predicted molar refractivity (Wildman–Crippen MR) is 57.3 cm³/mol. The lowest BCUT2D eigenvalue weighted by Crippen LogP contribution is -2.40. The number of hydrogen-bond donors (Lipinski definition) is 1. The average Bonchev–Trinajstić information content (AvgIpc) is 2.78. The number of carbonyl (C=O) groups excluding carboxylic acids is 1. The highest BCUT2D eigenvalue weighted by Gasteiger charge is 2.41. The van der Waals surface area contributed by atoms with Gasteiger partial charge >= 0.3 is 0 Å². The van der Waals surface area contributed by atoms with E-state index >= 15 is 0 Å². The molecule has 2 aliphatic rings. The summed E-state index contributed by atoms with van der Waals surface area (Å²) in [6, 6.07) is 0.316. The number of rotatable bonds is 3. The molecule has 0 aromatic carbocycles. The third-order valence-electron chi connectivity index (χ3n) is 3.95. The van der Waals surface area contributed by atoms with Crippen LogP contribution in [-0.4, -0.2) is 17.8 Å². The summed E-state index contributed by atoms with van der Waals surface area (Å²) in [6.07, 6.45) is 5.49. The summed E-state index contributed by atoms with van der Waals surface area (Å²) >= 11 is 5.47. The topological polar surface area (TPSA) is 29.1 Å². The van der Waals surface area contributed by atoms with Gasteiger partial charge in [0.05, 0.1) is 0 Å². The molecule has 0 saturated heterocycles. The first-order valence-electron chi connectivity index (χ1n) is 5.56. The first kappa shape index (κ1) is 10.3. The molecule has 0 aliphatic heterocycles. The Balaban J connectivity index is 1.86. The number of amides is 1. The highest BCUT2D eigenvalue weighted by Crippen LogP contribution is 2.49. The fourth-order valence-electron chi connectivity index (χ4n) is 3.31. The standard InChI is InChI=1S/C11H18ClNO/c1-7(13-11(14)6-12)10-5-8-2-3-9(10)4-8/h7-10H,2-6H2,1H3,(H,13,14)/t7-,8-,9-,10+/m0/s1. The van der Waals surface area contributed by atoms with Gasteiger partial charge in [0.25, 0.3) is 0 Å². The number of fused-ring (bicyclic) bond motifs is 2. The molecule has 1 N–H and O–H groups in total. The maximum absolute atomic E-state index is 11.1. The lowest BCUT2D eigenvalue weighted by molar-refractivity contribution is -0.119. The van der Waals surface area contributed by atoms with E-state index in [-0.39, 0.29) is 11.8 Å². The highest BCUT2D eigenvalue weighted by molar-refractivity contribution is 6.27. The van der Waals surface area contributed by atoms with Crippen molar-refractivity contribution in [3.05, 3.63) is 0 Å².